The maximum atomic E-state index is 13.1. The van der Waals surface area contributed by atoms with Gasteiger partial charge in [-0.25, -0.2) is 9.59 Å². The van der Waals surface area contributed by atoms with Gasteiger partial charge in [-0.05, 0) is 36.8 Å². The zero-order valence-corrected chi connectivity index (χ0v) is 19.3. The predicted molar refractivity (Wildman–Crippen MR) is 121 cm³/mol. The minimum absolute atomic E-state index is 0.0595. The normalized spacial score (nSPS) is 15.6. The Bertz CT molecular complexity index is 1030. The van der Waals surface area contributed by atoms with E-state index in [1.54, 1.807) is 50.4 Å². The fourth-order valence-electron chi connectivity index (χ4n) is 3.51. The lowest BCUT2D eigenvalue weighted by molar-refractivity contribution is -0.139. The molecule has 1 aliphatic heterocycles. The number of urea groups is 1. The third-order valence-corrected chi connectivity index (χ3v) is 5.21. The number of esters is 1. The van der Waals surface area contributed by atoms with Gasteiger partial charge in [-0.2, -0.15) is 0 Å². The molecule has 0 unspecified atom stereocenters. The zero-order valence-electron chi connectivity index (χ0n) is 19.3. The van der Waals surface area contributed by atoms with Gasteiger partial charge in [0.25, 0.3) is 0 Å². The smallest absolute Gasteiger partial charge is 0.338 e. The van der Waals surface area contributed by atoms with Gasteiger partial charge in [-0.15, -0.1) is 0 Å². The number of nitrogens with zero attached hydrogens (tertiary/aromatic N) is 1. The Labute approximate surface area is 192 Å². The van der Waals surface area contributed by atoms with Crippen LogP contribution < -0.4 is 24.3 Å². The van der Waals surface area contributed by atoms with Gasteiger partial charge in [0.2, 0.25) is 0 Å². The van der Waals surface area contributed by atoms with Gasteiger partial charge in [-0.1, -0.05) is 12.1 Å². The summed E-state index contributed by atoms with van der Waals surface area (Å²) in [7, 11) is 6.16. The average Bonchev–Trinajstić information content (AvgIpc) is 2.84. The van der Waals surface area contributed by atoms with E-state index >= 15 is 0 Å². The van der Waals surface area contributed by atoms with Crippen molar-refractivity contribution in [1.29, 1.82) is 0 Å². The van der Waals surface area contributed by atoms with E-state index in [9.17, 15) is 9.59 Å². The van der Waals surface area contributed by atoms with E-state index in [-0.39, 0.29) is 18.8 Å². The fraction of sp³-hybridized carbons (Fsp3) is 0.333. The molecule has 3 rings (SSSR count). The van der Waals surface area contributed by atoms with E-state index in [0.29, 0.717) is 34.3 Å². The van der Waals surface area contributed by atoms with E-state index in [1.807, 2.05) is 6.07 Å². The lowest BCUT2D eigenvalue weighted by Crippen LogP contribution is -2.48. The third kappa shape index (κ3) is 5.14. The molecular weight excluding hydrogens is 428 g/mol. The van der Waals surface area contributed by atoms with Crippen LogP contribution in [0.25, 0.3) is 0 Å². The van der Waals surface area contributed by atoms with Gasteiger partial charge in [0.15, 0.2) is 11.5 Å². The summed E-state index contributed by atoms with van der Waals surface area (Å²) < 4.78 is 27.4. The molecule has 176 valence electrons. The van der Waals surface area contributed by atoms with Crippen molar-refractivity contribution < 1.29 is 33.3 Å². The summed E-state index contributed by atoms with van der Waals surface area (Å²) >= 11 is 0. The monoisotopic (exact) mass is 456 g/mol. The highest BCUT2D eigenvalue weighted by atomic mass is 16.5. The Hall–Kier alpha value is -3.88. The van der Waals surface area contributed by atoms with Crippen LogP contribution >= 0.6 is 0 Å². The van der Waals surface area contributed by atoms with Gasteiger partial charge in [0, 0.05) is 13.1 Å². The standard InChI is InChI=1S/C24H28N2O7/c1-6-32-23(27)21-18(14-33-20-10-8-7-9-19(20)31-5)26(2)24(28)25-22(21)15-11-16(29-3)13-17(12-15)30-4/h7-13,22H,6,14H2,1-5H3,(H,25,28)/t22-/m1/s1. The van der Waals surface area contributed by atoms with Crippen molar-refractivity contribution in [3.05, 3.63) is 59.3 Å². The Morgan fingerprint density at radius 1 is 1.00 bits per heavy atom. The molecule has 0 spiro atoms. The van der Waals surface area contributed by atoms with Crippen molar-refractivity contribution in [2.45, 2.75) is 13.0 Å². The Morgan fingerprint density at radius 2 is 1.64 bits per heavy atom. The molecule has 0 aromatic heterocycles. The molecule has 9 nitrogen and oxygen atoms in total. The number of methoxy groups -OCH3 is 3. The number of hydrogen-bond acceptors (Lipinski definition) is 7. The molecule has 1 heterocycles. The molecule has 0 fully saturated rings. The van der Waals surface area contributed by atoms with Crippen molar-refractivity contribution in [3.8, 4) is 23.0 Å². The highest BCUT2D eigenvalue weighted by Crippen LogP contribution is 2.35. The average molecular weight is 456 g/mol. The number of nitrogens with one attached hydrogen (secondary N) is 1. The molecule has 0 saturated carbocycles. The minimum Gasteiger partial charge on any atom is -0.497 e. The number of likely N-dealkylation sites (N-methyl/N-ethyl adjacent to an activating group) is 1. The molecular formula is C24H28N2O7. The van der Waals surface area contributed by atoms with Crippen LogP contribution in [0.4, 0.5) is 4.79 Å². The molecule has 0 aliphatic carbocycles. The van der Waals surface area contributed by atoms with Crippen LogP contribution in [0.15, 0.2) is 53.7 Å². The Balaban J connectivity index is 2.10. The number of carbonyl (C=O) groups is 2. The Morgan fingerprint density at radius 3 is 2.21 bits per heavy atom. The van der Waals surface area contributed by atoms with Crippen molar-refractivity contribution >= 4 is 12.0 Å². The molecule has 33 heavy (non-hydrogen) atoms. The molecule has 0 saturated heterocycles. The summed E-state index contributed by atoms with van der Waals surface area (Å²) in [6.07, 6.45) is 0. The fourth-order valence-corrected chi connectivity index (χ4v) is 3.51. The largest absolute Gasteiger partial charge is 0.497 e. The zero-order chi connectivity index (χ0) is 24.0. The van der Waals surface area contributed by atoms with E-state index in [4.69, 9.17) is 23.7 Å². The molecule has 0 radical (unpaired) electrons. The molecule has 0 bridgehead atoms. The number of carbonyl (C=O) groups excluding carboxylic acids is 2. The Kier molecular flexibility index (Phi) is 7.66. The summed E-state index contributed by atoms with van der Waals surface area (Å²) in [4.78, 5) is 27.3. The van der Waals surface area contributed by atoms with Crippen LogP contribution in [-0.4, -0.2) is 58.5 Å². The number of benzene rings is 2. The highest BCUT2D eigenvalue weighted by Gasteiger charge is 2.37. The van der Waals surface area contributed by atoms with E-state index < -0.39 is 18.0 Å². The van der Waals surface area contributed by atoms with Crippen molar-refractivity contribution in [1.82, 2.24) is 10.2 Å². The van der Waals surface area contributed by atoms with Gasteiger partial charge in [0.1, 0.15) is 18.1 Å². The second kappa shape index (κ2) is 10.6. The first-order valence-corrected chi connectivity index (χ1v) is 10.4. The van der Waals surface area contributed by atoms with Crippen molar-refractivity contribution in [2.75, 3.05) is 41.6 Å². The summed E-state index contributed by atoms with van der Waals surface area (Å²) in [5.74, 6) is 1.50. The predicted octanol–water partition coefficient (Wildman–Crippen LogP) is 3.30. The van der Waals surface area contributed by atoms with Crippen LogP contribution in [0.1, 0.15) is 18.5 Å². The first kappa shape index (κ1) is 23.8. The summed E-state index contributed by atoms with van der Waals surface area (Å²) in [5.41, 5.74) is 1.23. The third-order valence-electron chi connectivity index (χ3n) is 5.21. The van der Waals surface area contributed by atoms with Crippen LogP contribution in [-0.2, 0) is 9.53 Å². The van der Waals surface area contributed by atoms with Crippen LogP contribution in [0.5, 0.6) is 23.0 Å². The molecule has 2 amide bonds. The quantitative estimate of drug-likeness (QED) is 0.579. The molecule has 1 N–H and O–H groups in total. The molecule has 2 aromatic rings. The maximum Gasteiger partial charge on any atom is 0.338 e. The first-order valence-electron chi connectivity index (χ1n) is 10.4. The first-order chi connectivity index (χ1) is 15.9. The lowest BCUT2D eigenvalue weighted by atomic mass is 9.94. The SMILES string of the molecule is CCOC(=O)C1=C(COc2ccccc2OC)N(C)C(=O)N[C@@H]1c1cc(OC)cc(OC)c1. The van der Waals surface area contributed by atoms with E-state index in [2.05, 4.69) is 5.32 Å². The number of hydrogen-bond donors (Lipinski definition) is 1. The van der Waals surface area contributed by atoms with Crippen LogP contribution in [0, 0.1) is 0 Å². The van der Waals surface area contributed by atoms with Crippen LogP contribution in [0.2, 0.25) is 0 Å². The molecule has 1 atom stereocenters. The number of ether oxygens (including phenoxy) is 5. The van der Waals surface area contributed by atoms with Gasteiger partial charge in [0.05, 0.1) is 45.2 Å². The lowest BCUT2D eigenvalue weighted by Gasteiger charge is -2.34. The second-order valence-corrected chi connectivity index (χ2v) is 7.11. The van der Waals surface area contributed by atoms with Crippen molar-refractivity contribution in [2.24, 2.45) is 0 Å². The highest BCUT2D eigenvalue weighted by molar-refractivity contribution is 5.95. The molecule has 1 aliphatic rings. The van der Waals surface area contributed by atoms with Gasteiger partial charge >= 0.3 is 12.0 Å². The second-order valence-electron chi connectivity index (χ2n) is 7.11. The minimum atomic E-state index is -0.798. The number of para-hydroxylation sites is 2. The summed E-state index contributed by atoms with van der Waals surface area (Å²) in [5, 5.41) is 2.86. The van der Waals surface area contributed by atoms with E-state index in [1.165, 1.54) is 26.2 Å². The van der Waals surface area contributed by atoms with E-state index in [0.717, 1.165) is 0 Å². The number of rotatable bonds is 9. The van der Waals surface area contributed by atoms with Gasteiger partial charge < -0.3 is 29.0 Å². The van der Waals surface area contributed by atoms with Crippen molar-refractivity contribution in [3.63, 3.8) is 0 Å². The molecule has 2 aromatic carbocycles. The van der Waals surface area contributed by atoms with Crippen LogP contribution in [0.3, 0.4) is 0 Å². The van der Waals surface area contributed by atoms with Gasteiger partial charge in [-0.3, -0.25) is 4.90 Å². The maximum absolute atomic E-state index is 13.1. The summed E-state index contributed by atoms with van der Waals surface area (Å²) in [6.45, 7) is 1.84. The number of amides is 2. The topological polar surface area (TPSA) is 95.6 Å². The summed E-state index contributed by atoms with van der Waals surface area (Å²) in [6, 6.07) is 11.1. The molecule has 9 heteroatoms.